The number of carbonyl (C=O) groups is 2. The number of aliphatic carboxylic acids is 1. The molecule has 0 unspecified atom stereocenters. The Hall–Kier alpha value is -2.97. The Bertz CT molecular complexity index is 1120. The third kappa shape index (κ3) is 4.40. The molecule has 8 heteroatoms. The molecule has 2 aromatic rings. The summed E-state index contributed by atoms with van der Waals surface area (Å²) in [6, 6.07) is 13.9. The van der Waals surface area contributed by atoms with Crippen LogP contribution in [0.1, 0.15) is 24.0 Å². The van der Waals surface area contributed by atoms with Crippen LogP contribution in [0.25, 0.3) is 0 Å². The number of fused-ring (bicyclic) bond motifs is 1. The first kappa shape index (κ1) is 21.3. The van der Waals surface area contributed by atoms with E-state index in [0.29, 0.717) is 38.0 Å². The summed E-state index contributed by atoms with van der Waals surface area (Å²) in [5.41, 5.74) is 2.62. The van der Waals surface area contributed by atoms with Gasteiger partial charge in [0.15, 0.2) is 0 Å². The highest BCUT2D eigenvalue weighted by Gasteiger charge is 2.34. The Balaban J connectivity index is 1.46. The van der Waals surface area contributed by atoms with Crippen LogP contribution in [0.2, 0.25) is 0 Å². The number of carboxylic acid groups (broad SMARTS) is 1. The van der Waals surface area contributed by atoms with Gasteiger partial charge < -0.3 is 10.4 Å². The van der Waals surface area contributed by atoms with Crippen molar-refractivity contribution in [2.75, 3.05) is 11.9 Å². The zero-order chi connectivity index (χ0) is 22.0. The summed E-state index contributed by atoms with van der Waals surface area (Å²) in [4.78, 5) is 24.2. The van der Waals surface area contributed by atoms with Gasteiger partial charge in [0, 0.05) is 18.8 Å². The molecule has 0 aromatic heterocycles. The topological polar surface area (TPSA) is 104 Å². The van der Waals surface area contributed by atoms with Crippen molar-refractivity contribution >= 4 is 27.6 Å². The second kappa shape index (κ2) is 8.64. The van der Waals surface area contributed by atoms with Crippen LogP contribution in [0.15, 0.2) is 65.6 Å². The molecule has 2 atom stereocenters. The van der Waals surface area contributed by atoms with Gasteiger partial charge in [0.25, 0.3) is 0 Å². The molecule has 7 nitrogen and oxygen atoms in total. The van der Waals surface area contributed by atoms with Gasteiger partial charge in [0.1, 0.15) is 0 Å². The zero-order valence-corrected chi connectivity index (χ0v) is 17.7. The van der Waals surface area contributed by atoms with Crippen molar-refractivity contribution in [3.05, 3.63) is 71.8 Å². The number of rotatable bonds is 5. The number of carbonyl (C=O) groups excluding carboxylic acids is 1. The maximum Gasteiger partial charge on any atom is 0.307 e. The first-order valence-electron chi connectivity index (χ1n) is 10.2. The summed E-state index contributed by atoms with van der Waals surface area (Å²) in [5, 5.41) is 12.1. The van der Waals surface area contributed by atoms with E-state index in [9.17, 15) is 23.1 Å². The highest BCUT2D eigenvalue weighted by Crippen LogP contribution is 2.28. The molecule has 162 valence electrons. The lowest BCUT2D eigenvalue weighted by Gasteiger charge is -2.28. The number of nitrogens with zero attached hydrogens (tertiary/aromatic N) is 1. The van der Waals surface area contributed by atoms with Crippen LogP contribution < -0.4 is 5.32 Å². The Morgan fingerprint density at radius 2 is 1.58 bits per heavy atom. The lowest BCUT2D eigenvalue weighted by Crippen LogP contribution is -2.36. The van der Waals surface area contributed by atoms with Crippen molar-refractivity contribution in [3.63, 3.8) is 0 Å². The highest BCUT2D eigenvalue weighted by atomic mass is 32.2. The quantitative estimate of drug-likeness (QED) is 0.696. The molecule has 0 spiro atoms. The smallest absolute Gasteiger partial charge is 0.307 e. The van der Waals surface area contributed by atoms with Gasteiger partial charge in [-0.25, -0.2) is 8.42 Å². The third-order valence-electron chi connectivity index (χ3n) is 5.94. The van der Waals surface area contributed by atoms with Gasteiger partial charge >= 0.3 is 5.97 Å². The average molecular weight is 441 g/mol. The van der Waals surface area contributed by atoms with E-state index in [0.717, 1.165) is 5.56 Å². The molecule has 0 bridgehead atoms. The van der Waals surface area contributed by atoms with Gasteiger partial charge in [-0.15, -0.1) is 0 Å². The molecule has 4 rings (SSSR count). The molecular weight excluding hydrogens is 416 g/mol. The van der Waals surface area contributed by atoms with Crippen molar-refractivity contribution in [2.24, 2.45) is 11.8 Å². The van der Waals surface area contributed by atoms with Crippen molar-refractivity contribution in [2.45, 2.75) is 30.7 Å². The molecule has 0 saturated carbocycles. The summed E-state index contributed by atoms with van der Waals surface area (Å²) in [6.45, 7) is 0.756. The number of nitrogens with one attached hydrogen (secondary N) is 1. The van der Waals surface area contributed by atoms with Gasteiger partial charge in [-0.3, -0.25) is 9.59 Å². The van der Waals surface area contributed by atoms with Crippen molar-refractivity contribution in [3.8, 4) is 0 Å². The van der Waals surface area contributed by atoms with E-state index in [2.05, 4.69) is 5.32 Å². The zero-order valence-electron chi connectivity index (χ0n) is 16.9. The Morgan fingerprint density at radius 1 is 0.935 bits per heavy atom. The van der Waals surface area contributed by atoms with Gasteiger partial charge in [0.05, 0.1) is 16.7 Å². The number of hydrogen-bond acceptors (Lipinski definition) is 4. The van der Waals surface area contributed by atoms with Crippen molar-refractivity contribution in [1.82, 2.24) is 4.31 Å². The van der Waals surface area contributed by atoms with E-state index in [1.54, 1.807) is 6.08 Å². The van der Waals surface area contributed by atoms with E-state index >= 15 is 0 Å². The fraction of sp³-hybridized carbons (Fsp3) is 0.304. The number of amides is 1. The fourth-order valence-electron chi connectivity index (χ4n) is 4.15. The number of allylic oxidation sites excluding steroid dienone is 2. The van der Waals surface area contributed by atoms with Gasteiger partial charge in [0.2, 0.25) is 15.9 Å². The standard InChI is InChI=1S/C23H24N2O5S/c26-22(20-7-3-4-8-21(20)23(27)28)24-18-9-11-19(12-10-18)31(29,30)25-14-13-16-5-1-2-6-17(16)15-25/h1-6,9-12,20-21H,7-8,13-15H2,(H,24,26)(H,27,28)/t20-,21-/m1/s1. The van der Waals surface area contributed by atoms with Crippen LogP contribution >= 0.6 is 0 Å². The summed E-state index contributed by atoms with van der Waals surface area (Å²) >= 11 is 0. The Kier molecular flexibility index (Phi) is 5.93. The maximum atomic E-state index is 13.1. The first-order chi connectivity index (χ1) is 14.9. The van der Waals surface area contributed by atoms with Crippen molar-refractivity contribution < 1.29 is 23.1 Å². The minimum atomic E-state index is -3.66. The fourth-order valence-corrected chi connectivity index (χ4v) is 5.57. The third-order valence-corrected chi connectivity index (χ3v) is 7.80. The molecule has 1 aliphatic carbocycles. The monoisotopic (exact) mass is 440 g/mol. The lowest BCUT2D eigenvalue weighted by atomic mass is 9.82. The molecule has 2 aromatic carbocycles. The summed E-state index contributed by atoms with van der Waals surface area (Å²) in [6.07, 6.45) is 4.96. The molecule has 2 aliphatic rings. The van der Waals surface area contributed by atoms with E-state index in [1.807, 2.05) is 30.3 Å². The largest absolute Gasteiger partial charge is 0.481 e. The van der Waals surface area contributed by atoms with E-state index < -0.39 is 27.8 Å². The maximum absolute atomic E-state index is 13.1. The highest BCUT2D eigenvalue weighted by molar-refractivity contribution is 7.89. The van der Waals surface area contributed by atoms with Crippen molar-refractivity contribution in [1.29, 1.82) is 0 Å². The van der Waals surface area contributed by atoms with E-state index in [-0.39, 0.29) is 10.8 Å². The van der Waals surface area contributed by atoms with Gasteiger partial charge in [-0.2, -0.15) is 4.31 Å². The molecule has 0 radical (unpaired) electrons. The second-order valence-electron chi connectivity index (χ2n) is 7.86. The van der Waals surface area contributed by atoms with Crippen LogP contribution in [0.4, 0.5) is 5.69 Å². The number of benzene rings is 2. The normalized spacial score (nSPS) is 21.3. The molecule has 0 fully saturated rings. The van der Waals surface area contributed by atoms with Crippen LogP contribution in [0.5, 0.6) is 0 Å². The van der Waals surface area contributed by atoms with Crippen LogP contribution in [0, 0.1) is 11.8 Å². The second-order valence-corrected chi connectivity index (χ2v) is 9.80. The summed E-state index contributed by atoms with van der Waals surface area (Å²) < 4.78 is 27.6. The van der Waals surface area contributed by atoms with E-state index in [1.165, 1.54) is 34.1 Å². The number of sulfonamides is 1. The predicted octanol–water partition coefficient (Wildman–Crippen LogP) is 3.04. The number of hydrogen-bond donors (Lipinski definition) is 2. The predicted molar refractivity (Wildman–Crippen MR) is 116 cm³/mol. The number of anilines is 1. The number of carboxylic acids is 1. The minimum Gasteiger partial charge on any atom is -0.481 e. The molecule has 1 aliphatic heterocycles. The molecule has 0 saturated heterocycles. The molecule has 2 N–H and O–H groups in total. The summed E-state index contributed by atoms with van der Waals surface area (Å²) in [7, 11) is -3.66. The lowest BCUT2D eigenvalue weighted by molar-refractivity contribution is -0.146. The average Bonchev–Trinajstić information content (AvgIpc) is 2.79. The Morgan fingerprint density at radius 3 is 2.26 bits per heavy atom. The first-order valence-corrected chi connectivity index (χ1v) is 11.7. The van der Waals surface area contributed by atoms with Crippen LogP contribution in [-0.4, -0.2) is 36.3 Å². The minimum absolute atomic E-state index is 0.161. The SMILES string of the molecule is O=C(O)[C@@H]1CC=CC[C@H]1C(=O)Nc1ccc(S(=O)(=O)N2CCc3ccccc3C2)cc1. The van der Waals surface area contributed by atoms with Crippen LogP contribution in [0.3, 0.4) is 0 Å². The van der Waals surface area contributed by atoms with Gasteiger partial charge in [-0.05, 0) is 54.7 Å². The van der Waals surface area contributed by atoms with E-state index in [4.69, 9.17) is 0 Å². The summed E-state index contributed by atoms with van der Waals surface area (Å²) in [5.74, 6) is -2.78. The Labute approximate surface area is 181 Å². The van der Waals surface area contributed by atoms with Crippen LogP contribution in [-0.2, 0) is 32.6 Å². The van der Waals surface area contributed by atoms with Gasteiger partial charge in [-0.1, -0.05) is 36.4 Å². The molecular formula is C23H24N2O5S. The molecule has 1 heterocycles. The molecule has 1 amide bonds. The molecule has 31 heavy (non-hydrogen) atoms.